The number of anilines is 1. The number of hydrogen-bond donors (Lipinski definition) is 2. The first kappa shape index (κ1) is 34.1. The number of rotatable bonds is 15. The van der Waals surface area contributed by atoms with Crippen molar-refractivity contribution in [1.82, 2.24) is 9.91 Å². The van der Waals surface area contributed by atoms with Gasteiger partial charge in [0, 0.05) is 30.3 Å². The minimum atomic E-state index is -3.54. The van der Waals surface area contributed by atoms with E-state index in [0.717, 1.165) is 41.4 Å². The van der Waals surface area contributed by atoms with Crippen LogP contribution >= 0.6 is 0 Å². The van der Waals surface area contributed by atoms with Crippen LogP contribution in [0.5, 0.6) is 5.75 Å². The van der Waals surface area contributed by atoms with Crippen LogP contribution in [0.3, 0.4) is 0 Å². The quantitative estimate of drug-likeness (QED) is 0.0942. The van der Waals surface area contributed by atoms with E-state index in [1.807, 2.05) is 48.5 Å². The Hall–Kier alpha value is -4.80. The number of sulfonamides is 1. The summed E-state index contributed by atoms with van der Waals surface area (Å²) in [5.41, 5.74) is 7.69. The standard InChI is InChI=1S/C40H43N4O4S/c1-31-38-22-21-37(26-39(38)44(42-31,29-33-15-8-4-9-16-33)30-34-17-10-5-11-18-34)48-24-23-41-27-40(45)35-19-12-20-36(25-35)43(49(2,46)47)28-32-13-6-3-7-14-32/h3-22,25-26,40-41,45H,23-24,27-30H2,1-2H3/q+1/t40-/m0/s1. The summed E-state index contributed by atoms with van der Waals surface area (Å²) in [5, 5.41) is 19.5. The van der Waals surface area contributed by atoms with Crippen LogP contribution in [-0.4, -0.2) is 45.2 Å². The lowest BCUT2D eigenvalue weighted by Crippen LogP contribution is -2.41. The van der Waals surface area contributed by atoms with Crippen molar-refractivity contribution in [2.75, 3.05) is 30.3 Å². The molecule has 0 saturated carbocycles. The molecule has 9 heteroatoms. The van der Waals surface area contributed by atoms with Crippen molar-refractivity contribution >= 4 is 27.1 Å². The van der Waals surface area contributed by atoms with Crippen molar-refractivity contribution in [3.8, 4) is 5.75 Å². The molecule has 6 rings (SSSR count). The summed E-state index contributed by atoms with van der Waals surface area (Å²) in [6.45, 7) is 4.93. The smallest absolute Gasteiger partial charge is 0.232 e. The van der Waals surface area contributed by atoms with Crippen LogP contribution in [0.2, 0.25) is 0 Å². The summed E-state index contributed by atoms with van der Waals surface area (Å²) in [6.07, 6.45) is 0.369. The monoisotopic (exact) mass is 675 g/mol. The Labute approximate surface area is 289 Å². The Kier molecular flexibility index (Phi) is 10.6. The summed E-state index contributed by atoms with van der Waals surface area (Å²) in [6, 6.07) is 43.7. The summed E-state index contributed by atoms with van der Waals surface area (Å²) in [7, 11) is -3.54. The highest BCUT2D eigenvalue weighted by atomic mass is 32.2. The second kappa shape index (κ2) is 15.2. The number of hydrogen-bond acceptors (Lipinski definition) is 6. The van der Waals surface area contributed by atoms with Crippen LogP contribution in [0.4, 0.5) is 11.4 Å². The van der Waals surface area contributed by atoms with Crippen molar-refractivity contribution in [3.63, 3.8) is 0 Å². The van der Waals surface area contributed by atoms with Crippen molar-refractivity contribution in [3.05, 3.63) is 161 Å². The third-order valence-corrected chi connectivity index (χ3v) is 9.86. The van der Waals surface area contributed by atoms with Crippen LogP contribution in [0.25, 0.3) is 0 Å². The van der Waals surface area contributed by atoms with Gasteiger partial charge in [0.05, 0.1) is 30.2 Å². The lowest BCUT2D eigenvalue weighted by atomic mass is 10.1. The topological polar surface area (TPSA) is 91.2 Å². The van der Waals surface area contributed by atoms with Gasteiger partial charge in [0.1, 0.15) is 31.2 Å². The van der Waals surface area contributed by atoms with Gasteiger partial charge < -0.3 is 15.2 Å². The van der Waals surface area contributed by atoms with Gasteiger partial charge in [-0.3, -0.25) is 4.31 Å². The van der Waals surface area contributed by atoms with E-state index in [9.17, 15) is 13.5 Å². The molecule has 0 spiro atoms. The van der Waals surface area contributed by atoms with Gasteiger partial charge in [-0.2, -0.15) is 4.59 Å². The van der Waals surface area contributed by atoms with Crippen molar-refractivity contribution in [1.29, 1.82) is 0 Å². The highest BCUT2D eigenvalue weighted by Gasteiger charge is 2.40. The molecule has 1 aliphatic heterocycles. The predicted molar refractivity (Wildman–Crippen MR) is 198 cm³/mol. The van der Waals surface area contributed by atoms with Crippen LogP contribution in [-0.2, 0) is 29.7 Å². The zero-order valence-electron chi connectivity index (χ0n) is 27.9. The fourth-order valence-corrected chi connectivity index (χ4v) is 7.23. The van der Waals surface area contributed by atoms with E-state index in [1.54, 1.807) is 24.3 Å². The van der Waals surface area contributed by atoms with E-state index in [1.165, 1.54) is 21.7 Å². The number of nitrogens with one attached hydrogen (secondary N) is 1. The SMILES string of the molecule is CC1=N[N+](Cc2ccccc2)(Cc2ccccc2)c2cc(OCCNC[C@H](O)c3cccc(N(Cc4ccccc4)S(C)(=O)=O)c3)ccc21. The molecule has 49 heavy (non-hydrogen) atoms. The fraction of sp³-hybridized carbons (Fsp3) is 0.225. The number of benzene rings is 5. The molecule has 0 saturated heterocycles. The van der Waals surface area contributed by atoms with Gasteiger partial charge in [-0.1, -0.05) is 108 Å². The van der Waals surface area contributed by atoms with E-state index in [4.69, 9.17) is 9.84 Å². The second-order valence-electron chi connectivity index (χ2n) is 12.5. The van der Waals surface area contributed by atoms with Gasteiger partial charge in [-0.25, -0.2) is 8.42 Å². The number of quaternary nitrogens is 1. The molecule has 5 aromatic carbocycles. The number of aliphatic hydroxyl groups excluding tert-OH is 1. The summed E-state index contributed by atoms with van der Waals surface area (Å²) < 4.78 is 33.4. The Bertz CT molecular complexity index is 1950. The molecule has 0 bridgehead atoms. The zero-order chi connectivity index (χ0) is 34.3. The number of fused-ring (bicyclic) bond motifs is 1. The first-order chi connectivity index (χ1) is 23.7. The Morgan fingerprint density at radius 2 is 1.41 bits per heavy atom. The van der Waals surface area contributed by atoms with E-state index in [-0.39, 0.29) is 13.1 Å². The maximum Gasteiger partial charge on any atom is 0.232 e. The third-order valence-electron chi connectivity index (χ3n) is 8.72. The number of ether oxygens (including phenoxy) is 1. The molecular weight excluding hydrogens is 633 g/mol. The van der Waals surface area contributed by atoms with E-state index in [2.05, 4.69) is 72.9 Å². The number of nitrogens with zero attached hydrogens (tertiary/aromatic N) is 3. The summed E-state index contributed by atoms with van der Waals surface area (Å²) in [5.74, 6) is 0.765. The zero-order valence-corrected chi connectivity index (χ0v) is 28.8. The van der Waals surface area contributed by atoms with Crippen LogP contribution in [0.1, 0.15) is 40.8 Å². The molecule has 0 radical (unpaired) electrons. The average Bonchev–Trinajstić information content (AvgIpc) is 3.37. The summed E-state index contributed by atoms with van der Waals surface area (Å²) >= 11 is 0. The van der Waals surface area contributed by atoms with E-state index in [0.29, 0.717) is 29.0 Å². The molecule has 0 unspecified atom stereocenters. The minimum Gasteiger partial charge on any atom is -0.492 e. The van der Waals surface area contributed by atoms with Crippen molar-refractivity contribution < 1.29 is 18.3 Å². The second-order valence-corrected chi connectivity index (χ2v) is 14.4. The molecule has 252 valence electrons. The van der Waals surface area contributed by atoms with Crippen LogP contribution < -0.4 is 19.0 Å². The highest BCUT2D eigenvalue weighted by Crippen LogP contribution is 2.41. The Balaban J connectivity index is 1.09. The molecule has 0 amide bonds. The fourth-order valence-electron chi connectivity index (χ4n) is 6.35. The molecule has 0 aromatic heterocycles. The van der Waals surface area contributed by atoms with Gasteiger partial charge in [0.25, 0.3) is 0 Å². The number of aliphatic hydroxyl groups is 1. The molecule has 0 fully saturated rings. The Morgan fingerprint density at radius 1 is 0.796 bits per heavy atom. The molecule has 5 aromatic rings. The Morgan fingerprint density at radius 3 is 2.02 bits per heavy atom. The van der Waals surface area contributed by atoms with Crippen molar-refractivity contribution in [2.24, 2.45) is 5.10 Å². The molecule has 1 aliphatic rings. The van der Waals surface area contributed by atoms with Crippen LogP contribution in [0, 0.1) is 0 Å². The van der Waals surface area contributed by atoms with Gasteiger partial charge in [0.15, 0.2) is 5.69 Å². The molecule has 2 N–H and O–H groups in total. The van der Waals surface area contributed by atoms with Gasteiger partial charge >= 0.3 is 0 Å². The maximum atomic E-state index is 12.7. The first-order valence-electron chi connectivity index (χ1n) is 16.5. The molecule has 1 atom stereocenters. The van der Waals surface area contributed by atoms with Gasteiger partial charge in [-0.15, -0.1) is 0 Å². The van der Waals surface area contributed by atoms with Gasteiger partial charge in [-0.05, 0) is 42.3 Å². The maximum absolute atomic E-state index is 12.7. The van der Waals surface area contributed by atoms with Gasteiger partial charge in [0.2, 0.25) is 10.0 Å². The molecule has 8 nitrogen and oxygen atoms in total. The average molecular weight is 676 g/mol. The van der Waals surface area contributed by atoms with Crippen molar-refractivity contribution in [2.45, 2.75) is 32.7 Å². The minimum absolute atomic E-state index is 0.210. The first-order valence-corrected chi connectivity index (χ1v) is 18.3. The normalized spacial score (nSPS) is 14.1. The predicted octanol–water partition coefficient (Wildman–Crippen LogP) is 6.80. The lowest BCUT2D eigenvalue weighted by molar-refractivity contribution is 0.172. The largest absolute Gasteiger partial charge is 0.492 e. The van der Waals surface area contributed by atoms with E-state index < -0.39 is 16.1 Å². The van der Waals surface area contributed by atoms with E-state index >= 15 is 0 Å². The van der Waals surface area contributed by atoms with Crippen LogP contribution in [0.15, 0.2) is 139 Å². The lowest BCUT2D eigenvalue weighted by Gasteiger charge is -2.30. The third kappa shape index (κ3) is 8.44. The summed E-state index contributed by atoms with van der Waals surface area (Å²) in [4.78, 5) is 0. The molecule has 1 heterocycles. The molecular formula is C40H43N4O4S+. The molecule has 0 aliphatic carbocycles. The highest BCUT2D eigenvalue weighted by molar-refractivity contribution is 7.92.